The highest BCUT2D eigenvalue weighted by atomic mass is 16.5. The van der Waals surface area contributed by atoms with Crippen LogP contribution in [0.4, 0.5) is 0 Å². The molecule has 0 saturated heterocycles. The highest BCUT2D eigenvalue weighted by Gasteiger charge is 2.09. The normalized spacial score (nSPS) is 11.7. The monoisotopic (exact) mass is 405 g/mol. The van der Waals surface area contributed by atoms with Gasteiger partial charge in [0.1, 0.15) is 12.4 Å². The third-order valence-electron chi connectivity index (χ3n) is 4.12. The minimum Gasteiger partial charge on any atom is -0.489 e. The first-order valence-corrected chi connectivity index (χ1v) is 9.68. The zero-order valence-electron chi connectivity index (χ0n) is 17.2. The van der Waals surface area contributed by atoms with Crippen LogP contribution in [0.1, 0.15) is 23.6 Å². The zero-order valence-corrected chi connectivity index (χ0v) is 17.2. The van der Waals surface area contributed by atoms with Crippen molar-refractivity contribution in [2.24, 2.45) is 15.9 Å². The van der Waals surface area contributed by atoms with Gasteiger partial charge in [0.2, 0.25) is 0 Å². The number of esters is 1. The first-order valence-electron chi connectivity index (χ1n) is 9.68. The van der Waals surface area contributed by atoms with Gasteiger partial charge in [-0.3, -0.25) is 4.79 Å². The molecule has 0 saturated carbocycles. The Morgan fingerprint density at radius 2 is 2.03 bits per heavy atom. The minimum absolute atomic E-state index is 0.159. The standard InChI is InChI=1S/C24H27N3O3/c1-3-29-24(28)16-22-9-4-5-10-23(22)30-18-20(13-14-27-26-2)12-11-19-7-6-8-21(15-19)17-25/h4-15H,2-3,16-18,25H2,1H3/b12-11+,20-13+,27-14+. The van der Waals surface area contributed by atoms with Gasteiger partial charge in [0.05, 0.1) is 13.0 Å². The average molecular weight is 405 g/mol. The summed E-state index contributed by atoms with van der Waals surface area (Å²) in [5.74, 6) is 0.349. The predicted octanol–water partition coefficient (Wildman–Crippen LogP) is 3.96. The largest absolute Gasteiger partial charge is 0.489 e. The van der Waals surface area contributed by atoms with E-state index in [1.54, 1.807) is 19.2 Å². The van der Waals surface area contributed by atoms with Gasteiger partial charge in [-0.25, -0.2) is 0 Å². The lowest BCUT2D eigenvalue weighted by Gasteiger charge is -2.11. The molecular formula is C24H27N3O3. The fourth-order valence-corrected chi connectivity index (χ4v) is 2.67. The number of benzene rings is 2. The van der Waals surface area contributed by atoms with Crippen molar-refractivity contribution in [3.63, 3.8) is 0 Å². The Kier molecular flexibility index (Phi) is 9.76. The third kappa shape index (κ3) is 7.85. The Bertz CT molecular complexity index is 933. The van der Waals surface area contributed by atoms with Gasteiger partial charge in [-0.15, -0.1) is 0 Å². The first kappa shape index (κ1) is 22.8. The Morgan fingerprint density at radius 1 is 1.20 bits per heavy atom. The van der Waals surface area contributed by atoms with Crippen molar-refractivity contribution in [2.75, 3.05) is 13.2 Å². The van der Waals surface area contributed by atoms with Gasteiger partial charge in [0.25, 0.3) is 0 Å². The first-order chi connectivity index (χ1) is 14.7. The van der Waals surface area contributed by atoms with Gasteiger partial charge >= 0.3 is 5.97 Å². The predicted molar refractivity (Wildman–Crippen MR) is 122 cm³/mol. The van der Waals surface area contributed by atoms with E-state index >= 15 is 0 Å². The van der Waals surface area contributed by atoms with E-state index in [0.717, 1.165) is 22.3 Å². The number of allylic oxidation sites excluding steroid dienone is 1. The lowest BCUT2D eigenvalue weighted by Crippen LogP contribution is -2.09. The van der Waals surface area contributed by atoms with E-state index < -0.39 is 0 Å². The molecule has 0 atom stereocenters. The van der Waals surface area contributed by atoms with Gasteiger partial charge in [0, 0.05) is 25.0 Å². The Morgan fingerprint density at radius 3 is 2.80 bits per heavy atom. The van der Waals surface area contributed by atoms with Crippen molar-refractivity contribution in [3.05, 3.63) is 82.9 Å². The maximum atomic E-state index is 11.8. The Labute approximate surface area is 177 Å². The van der Waals surface area contributed by atoms with Crippen LogP contribution in [0.5, 0.6) is 5.75 Å². The van der Waals surface area contributed by atoms with Crippen LogP contribution in [-0.2, 0) is 22.5 Å². The van der Waals surface area contributed by atoms with Crippen molar-refractivity contribution in [3.8, 4) is 5.75 Å². The SMILES string of the molecule is C=N/N=C/C=C(\C=C\c1cccc(CN)c1)COc1ccccc1CC(=O)OCC. The smallest absolute Gasteiger partial charge is 0.310 e. The number of nitrogens with two attached hydrogens (primary N) is 1. The second-order valence-electron chi connectivity index (χ2n) is 6.31. The minimum atomic E-state index is -0.284. The van der Waals surface area contributed by atoms with E-state index in [1.807, 2.05) is 60.7 Å². The molecule has 30 heavy (non-hydrogen) atoms. The van der Waals surface area contributed by atoms with E-state index in [-0.39, 0.29) is 19.0 Å². The van der Waals surface area contributed by atoms with Crippen molar-refractivity contribution < 1.29 is 14.3 Å². The number of ether oxygens (including phenoxy) is 2. The molecule has 0 radical (unpaired) electrons. The molecule has 6 nitrogen and oxygen atoms in total. The quantitative estimate of drug-likeness (QED) is 0.265. The van der Waals surface area contributed by atoms with Gasteiger partial charge in [-0.2, -0.15) is 10.2 Å². The number of para-hydroxylation sites is 1. The molecule has 0 aliphatic heterocycles. The zero-order chi connectivity index (χ0) is 21.6. The summed E-state index contributed by atoms with van der Waals surface area (Å²) < 4.78 is 11.0. The molecule has 0 aromatic heterocycles. The fourth-order valence-electron chi connectivity index (χ4n) is 2.67. The second kappa shape index (κ2) is 12.9. The van der Waals surface area contributed by atoms with Gasteiger partial charge in [-0.05, 0) is 35.8 Å². The summed E-state index contributed by atoms with van der Waals surface area (Å²) in [4.78, 5) is 11.8. The summed E-state index contributed by atoms with van der Waals surface area (Å²) in [6.07, 6.45) is 7.43. The topological polar surface area (TPSA) is 86.3 Å². The van der Waals surface area contributed by atoms with Crippen LogP contribution in [-0.4, -0.2) is 32.1 Å². The van der Waals surface area contributed by atoms with E-state index in [9.17, 15) is 4.79 Å². The molecule has 0 heterocycles. The summed E-state index contributed by atoms with van der Waals surface area (Å²) in [5.41, 5.74) is 9.45. The van der Waals surface area contributed by atoms with E-state index in [4.69, 9.17) is 15.2 Å². The summed E-state index contributed by atoms with van der Waals surface area (Å²) in [6.45, 7) is 6.25. The average Bonchev–Trinajstić information content (AvgIpc) is 2.76. The van der Waals surface area contributed by atoms with Crippen LogP contribution < -0.4 is 10.5 Å². The molecule has 0 fully saturated rings. The number of hydrogen-bond acceptors (Lipinski definition) is 6. The molecular weight excluding hydrogens is 378 g/mol. The molecule has 2 rings (SSSR count). The molecule has 0 aliphatic rings. The molecule has 6 heteroatoms. The Hall–Kier alpha value is -3.51. The van der Waals surface area contributed by atoms with Gasteiger partial charge in [-0.1, -0.05) is 54.6 Å². The number of carbonyl (C=O) groups is 1. The van der Waals surface area contributed by atoms with E-state index in [2.05, 4.69) is 16.9 Å². The molecule has 0 spiro atoms. The molecule has 0 bridgehead atoms. The summed E-state index contributed by atoms with van der Waals surface area (Å²) in [6, 6.07) is 15.4. The van der Waals surface area contributed by atoms with Crippen LogP contribution in [0.2, 0.25) is 0 Å². The van der Waals surface area contributed by atoms with Crippen LogP contribution in [0.3, 0.4) is 0 Å². The molecule has 0 unspecified atom stereocenters. The lowest BCUT2D eigenvalue weighted by molar-refractivity contribution is -0.142. The molecule has 0 aliphatic carbocycles. The highest BCUT2D eigenvalue weighted by molar-refractivity contribution is 5.74. The Balaban J connectivity index is 2.15. The fraction of sp³-hybridized carbons (Fsp3) is 0.208. The number of nitrogens with zero attached hydrogens (tertiary/aromatic N) is 2. The maximum Gasteiger partial charge on any atom is 0.310 e. The molecule has 0 amide bonds. The number of rotatable bonds is 11. The number of carbonyl (C=O) groups excluding carboxylic acids is 1. The molecule has 2 aromatic rings. The van der Waals surface area contributed by atoms with Gasteiger partial charge < -0.3 is 15.2 Å². The summed E-state index contributed by atoms with van der Waals surface area (Å²) >= 11 is 0. The lowest BCUT2D eigenvalue weighted by atomic mass is 10.1. The molecule has 2 aromatic carbocycles. The van der Waals surface area contributed by atoms with Crippen molar-refractivity contribution in [2.45, 2.75) is 19.9 Å². The van der Waals surface area contributed by atoms with E-state index in [0.29, 0.717) is 18.9 Å². The van der Waals surface area contributed by atoms with E-state index in [1.165, 1.54) is 0 Å². The van der Waals surface area contributed by atoms with Crippen LogP contribution in [0.15, 0.2) is 76.5 Å². The highest BCUT2D eigenvalue weighted by Crippen LogP contribution is 2.20. The number of hydrogen-bond donors (Lipinski definition) is 1. The summed E-state index contributed by atoms with van der Waals surface area (Å²) in [5, 5.41) is 7.25. The molecule has 2 N–H and O–H groups in total. The van der Waals surface area contributed by atoms with Crippen LogP contribution in [0, 0.1) is 0 Å². The maximum absolute atomic E-state index is 11.8. The van der Waals surface area contributed by atoms with Crippen LogP contribution >= 0.6 is 0 Å². The van der Waals surface area contributed by atoms with Gasteiger partial charge in [0.15, 0.2) is 0 Å². The van der Waals surface area contributed by atoms with Crippen molar-refractivity contribution in [1.29, 1.82) is 0 Å². The van der Waals surface area contributed by atoms with Crippen molar-refractivity contribution in [1.82, 2.24) is 0 Å². The third-order valence-corrected chi connectivity index (χ3v) is 4.12. The summed E-state index contributed by atoms with van der Waals surface area (Å²) in [7, 11) is 0. The van der Waals surface area contributed by atoms with Crippen LogP contribution in [0.25, 0.3) is 6.08 Å². The second-order valence-corrected chi connectivity index (χ2v) is 6.31. The van der Waals surface area contributed by atoms with Crippen molar-refractivity contribution >= 4 is 25.0 Å². The molecule has 156 valence electrons.